The maximum atomic E-state index is 14.2. The van der Waals surface area contributed by atoms with E-state index in [1.165, 1.54) is 57.1 Å². The number of unbranched alkanes of at least 4 members (excludes halogenated alkanes) is 11. The summed E-state index contributed by atoms with van der Waals surface area (Å²) in [6, 6.07) is 19.1. The van der Waals surface area contributed by atoms with Gasteiger partial charge >= 0.3 is 0 Å². The maximum Gasteiger partial charge on any atom is 0.264 e. The van der Waals surface area contributed by atoms with Crippen LogP contribution in [0.15, 0.2) is 79.0 Å². The van der Waals surface area contributed by atoms with Crippen LogP contribution in [-0.4, -0.2) is 134 Å². The van der Waals surface area contributed by atoms with Gasteiger partial charge in [0, 0.05) is 93.2 Å². The highest BCUT2D eigenvalue weighted by atomic mass is 19.1. The summed E-state index contributed by atoms with van der Waals surface area (Å²) in [6.45, 7) is 6.03. The average Bonchev–Trinajstić information content (AvgIpc) is 4.40. The summed E-state index contributed by atoms with van der Waals surface area (Å²) in [5.74, 6) is -3.16. The molecular formula is C62H75F2N13O6. The van der Waals surface area contributed by atoms with Crippen LogP contribution in [0.3, 0.4) is 0 Å². The predicted octanol–water partition coefficient (Wildman–Crippen LogP) is 9.22. The average molecular weight is 1140 g/mol. The van der Waals surface area contributed by atoms with Gasteiger partial charge in [0.25, 0.3) is 17.7 Å². The standard InChI is InChI=1S/C62H75F2N13O6/c1-73-29-31-74(32-30-73)47-19-20-48(59(80)68-58-50-36-41(18-21-51(50)70-71-58)33-42-34-43(63)37-44(64)35-42)53(38-47)66-45-24-27-75(28-25-45)56(79)17-12-10-8-6-4-2-3-5-7-9-11-13-26-76-40-46(69-72-76)39-65-52-16-14-15-49-57(52)62(83)77(61(49)82)54-22-23-55(78)67-60(54)81/h14-16,18-21,34-38,40,45,54,65-66H,2-13,17,22-33,39H2,1H3,(H,67,78,81)(H2,68,70,71,80). The third-order valence-corrected chi connectivity index (χ3v) is 16.6. The van der Waals surface area contributed by atoms with E-state index in [0.717, 1.165) is 111 Å². The third-order valence-electron chi connectivity index (χ3n) is 16.6. The van der Waals surface area contributed by atoms with Crippen LogP contribution in [0.25, 0.3) is 10.9 Å². The molecule has 6 heterocycles. The zero-order chi connectivity index (χ0) is 57.8. The van der Waals surface area contributed by atoms with Gasteiger partial charge in [0.1, 0.15) is 23.4 Å². The van der Waals surface area contributed by atoms with E-state index in [1.807, 2.05) is 46.1 Å². The van der Waals surface area contributed by atoms with Gasteiger partial charge in [0.05, 0.1) is 34.9 Å². The number of hydrogen-bond donors (Lipinski definition) is 5. The predicted molar refractivity (Wildman–Crippen MR) is 313 cm³/mol. The summed E-state index contributed by atoms with van der Waals surface area (Å²) in [5.41, 5.74) is 5.90. The molecule has 0 saturated carbocycles. The van der Waals surface area contributed by atoms with Crippen LogP contribution in [0.1, 0.15) is 157 Å². The zero-order valence-corrected chi connectivity index (χ0v) is 47.3. The van der Waals surface area contributed by atoms with Gasteiger partial charge < -0.3 is 30.7 Å². The fourth-order valence-electron chi connectivity index (χ4n) is 11.8. The van der Waals surface area contributed by atoms with Crippen LogP contribution in [0.4, 0.5) is 31.7 Å². The lowest BCUT2D eigenvalue weighted by atomic mass is 10.0. The molecule has 6 amide bonds. The Hall–Kier alpha value is -8.07. The molecule has 1 unspecified atom stereocenters. The van der Waals surface area contributed by atoms with Gasteiger partial charge in [-0.3, -0.25) is 48.8 Å². The minimum Gasteiger partial charge on any atom is -0.381 e. The Labute approximate surface area is 482 Å². The van der Waals surface area contributed by atoms with Crippen molar-refractivity contribution in [3.05, 3.63) is 124 Å². The number of likely N-dealkylation sites (tertiary alicyclic amines) is 1. The van der Waals surface area contributed by atoms with Crippen molar-refractivity contribution in [2.45, 2.75) is 141 Å². The molecule has 21 heteroatoms. The number of hydrogen-bond acceptors (Lipinski definition) is 13. The van der Waals surface area contributed by atoms with Crippen molar-refractivity contribution in [3.8, 4) is 0 Å². The fourth-order valence-corrected chi connectivity index (χ4v) is 11.8. The molecule has 4 aliphatic rings. The molecule has 5 N–H and O–H groups in total. The van der Waals surface area contributed by atoms with E-state index in [1.54, 1.807) is 18.2 Å². The molecule has 3 saturated heterocycles. The number of nitrogens with one attached hydrogen (secondary N) is 5. The summed E-state index contributed by atoms with van der Waals surface area (Å²) in [7, 11) is 2.12. The molecule has 4 aromatic carbocycles. The highest BCUT2D eigenvalue weighted by Gasteiger charge is 2.45. The third kappa shape index (κ3) is 14.8. The van der Waals surface area contributed by atoms with Crippen LogP contribution >= 0.6 is 0 Å². The monoisotopic (exact) mass is 1140 g/mol. The molecule has 0 spiro atoms. The first-order chi connectivity index (χ1) is 40.3. The first-order valence-corrected chi connectivity index (χ1v) is 29.7. The van der Waals surface area contributed by atoms with Gasteiger partial charge in [-0.25, -0.2) is 8.78 Å². The second kappa shape index (κ2) is 27.3. The number of nitrogens with zero attached hydrogens (tertiary/aromatic N) is 8. The number of carbonyl (C=O) groups excluding carboxylic acids is 6. The van der Waals surface area contributed by atoms with Crippen molar-refractivity contribution in [2.75, 3.05) is 67.2 Å². The minimum absolute atomic E-state index is 0.0608. The van der Waals surface area contributed by atoms with Crippen LogP contribution in [0.2, 0.25) is 0 Å². The molecule has 3 fully saturated rings. The summed E-state index contributed by atoms with van der Waals surface area (Å²) >= 11 is 0. The summed E-state index contributed by atoms with van der Waals surface area (Å²) < 4.78 is 29.8. The van der Waals surface area contributed by atoms with Gasteiger partial charge in [-0.1, -0.05) is 81.6 Å². The Bertz CT molecular complexity index is 3290. The number of aryl methyl sites for hydroxylation is 1. The zero-order valence-electron chi connectivity index (χ0n) is 47.3. The minimum atomic E-state index is -1.02. The van der Waals surface area contributed by atoms with Crippen molar-refractivity contribution in [3.63, 3.8) is 0 Å². The number of piperazine rings is 1. The molecule has 6 aromatic rings. The number of imide groups is 2. The van der Waals surface area contributed by atoms with Crippen LogP contribution in [-0.2, 0) is 33.9 Å². The Kier molecular flexibility index (Phi) is 19.1. The quantitative estimate of drug-likeness (QED) is 0.0253. The molecule has 19 nitrogen and oxygen atoms in total. The molecule has 83 heavy (non-hydrogen) atoms. The number of aromatic amines is 1. The molecule has 10 rings (SSSR count). The highest BCUT2D eigenvalue weighted by molar-refractivity contribution is 6.25. The Morgan fingerprint density at radius 3 is 2.16 bits per heavy atom. The van der Waals surface area contributed by atoms with E-state index in [2.05, 4.69) is 64.7 Å². The summed E-state index contributed by atoms with van der Waals surface area (Å²) in [4.78, 5) is 85.8. The molecule has 0 radical (unpaired) electrons. The lowest BCUT2D eigenvalue weighted by Gasteiger charge is -2.35. The van der Waals surface area contributed by atoms with E-state index in [4.69, 9.17) is 0 Å². The molecule has 438 valence electrons. The topological polar surface area (TPSA) is 223 Å². The number of likely N-dealkylation sites (N-methyl/N-ethyl adjacent to an activating group) is 1. The fraction of sp³-hybridized carbons (Fsp3) is 0.468. The molecule has 2 aromatic heterocycles. The largest absolute Gasteiger partial charge is 0.381 e. The van der Waals surface area contributed by atoms with Crippen molar-refractivity contribution in [1.82, 2.24) is 45.2 Å². The molecule has 0 aliphatic carbocycles. The normalized spacial score (nSPS) is 16.9. The number of anilines is 4. The van der Waals surface area contributed by atoms with Crippen LogP contribution in [0, 0.1) is 11.6 Å². The van der Waals surface area contributed by atoms with Crippen molar-refractivity contribution in [2.24, 2.45) is 0 Å². The molecule has 0 bridgehead atoms. The first kappa shape index (κ1) is 58.1. The summed E-state index contributed by atoms with van der Waals surface area (Å²) in [6.07, 6.45) is 18.1. The second-order valence-corrected chi connectivity index (χ2v) is 22.7. The van der Waals surface area contributed by atoms with E-state index in [0.29, 0.717) is 66.2 Å². The number of carbonyl (C=O) groups is 6. The van der Waals surface area contributed by atoms with Crippen LogP contribution in [0.5, 0.6) is 0 Å². The lowest BCUT2D eigenvalue weighted by molar-refractivity contribution is -0.136. The summed E-state index contributed by atoms with van der Waals surface area (Å²) in [5, 5.41) is 28.9. The number of benzene rings is 4. The van der Waals surface area contributed by atoms with Gasteiger partial charge in [-0.05, 0) is 111 Å². The van der Waals surface area contributed by atoms with Gasteiger partial charge in [0.2, 0.25) is 17.7 Å². The van der Waals surface area contributed by atoms with Crippen molar-refractivity contribution in [1.29, 1.82) is 0 Å². The van der Waals surface area contributed by atoms with Crippen molar-refractivity contribution < 1.29 is 37.5 Å². The number of aromatic nitrogens is 5. The number of piperidine rings is 2. The Morgan fingerprint density at radius 1 is 0.723 bits per heavy atom. The smallest absolute Gasteiger partial charge is 0.264 e. The van der Waals surface area contributed by atoms with Crippen molar-refractivity contribution >= 4 is 69.2 Å². The molecule has 4 aliphatic heterocycles. The van der Waals surface area contributed by atoms with E-state index < -0.39 is 41.3 Å². The maximum absolute atomic E-state index is 14.2. The Morgan fingerprint density at radius 2 is 1.43 bits per heavy atom. The van der Waals surface area contributed by atoms with E-state index >= 15 is 0 Å². The molecule has 1 atom stereocenters. The number of rotatable bonds is 26. The van der Waals surface area contributed by atoms with E-state index in [9.17, 15) is 37.5 Å². The molecular weight excluding hydrogens is 1060 g/mol. The first-order valence-electron chi connectivity index (χ1n) is 29.7. The SMILES string of the molecule is CN1CCN(c2ccc(C(=O)Nc3n[nH]c4ccc(Cc5cc(F)cc(F)c5)cc34)c(NC3CCN(C(=O)CCCCCCCCCCCCCCn4cc(CNc5cccc6c5C(=O)N(C5CCC(=O)NC5=O)C6=O)nn4)CC3)c2)CC1. The van der Waals surface area contributed by atoms with Gasteiger partial charge in [-0.2, -0.15) is 5.10 Å². The number of halogens is 2. The number of fused-ring (bicyclic) bond motifs is 2. The second-order valence-electron chi connectivity index (χ2n) is 22.7. The Balaban J connectivity index is 0.586. The lowest BCUT2D eigenvalue weighted by Crippen LogP contribution is -2.54. The van der Waals surface area contributed by atoms with Crippen LogP contribution < -0.4 is 26.2 Å². The van der Waals surface area contributed by atoms with Gasteiger partial charge in [-0.15, -0.1) is 5.10 Å². The van der Waals surface area contributed by atoms with E-state index in [-0.39, 0.29) is 41.8 Å². The van der Waals surface area contributed by atoms with Gasteiger partial charge in [0.15, 0.2) is 5.82 Å². The number of H-pyrrole nitrogens is 1. The number of amides is 6. The highest BCUT2D eigenvalue weighted by Crippen LogP contribution is 2.34.